The van der Waals surface area contributed by atoms with Gasteiger partial charge in [-0.1, -0.05) is 11.6 Å². The first-order valence-electron chi connectivity index (χ1n) is 8.44. The molecule has 0 aliphatic heterocycles. The molecule has 1 aromatic carbocycles. The molecule has 3 rings (SSSR count). The monoisotopic (exact) mass is 396 g/mol. The summed E-state index contributed by atoms with van der Waals surface area (Å²) in [4.78, 5) is 3.96. The number of halogens is 3. The standard InChI is InChI=1S/C18H19ClF2N4O2/c19-15-14(6-5-13(16(15)25-22)24-8-11-3-4-11)27-17-12(2-1-7-23-17)18(26,9-20)10-21/h1-2,5-7,11,22,24,26H,3-4,8-10H2. The molecule has 0 radical (unpaired) electrons. The zero-order chi connectivity index (χ0) is 19.4. The second-order valence-corrected chi connectivity index (χ2v) is 6.84. The summed E-state index contributed by atoms with van der Waals surface area (Å²) < 4.78 is 32.0. The highest BCUT2D eigenvalue weighted by atomic mass is 35.5. The molecule has 27 heavy (non-hydrogen) atoms. The van der Waals surface area contributed by atoms with Crippen molar-refractivity contribution in [3.63, 3.8) is 0 Å². The Kier molecular flexibility index (Phi) is 5.86. The predicted molar refractivity (Wildman–Crippen MR) is 97.6 cm³/mol. The van der Waals surface area contributed by atoms with E-state index in [1.54, 1.807) is 12.1 Å². The fraction of sp³-hybridized carbons (Fsp3) is 0.389. The average molecular weight is 397 g/mol. The van der Waals surface area contributed by atoms with Crippen molar-refractivity contribution in [3.05, 3.63) is 41.0 Å². The second kappa shape index (κ2) is 8.14. The lowest BCUT2D eigenvalue weighted by Crippen LogP contribution is -2.31. The molecule has 1 aromatic heterocycles. The lowest BCUT2D eigenvalue weighted by molar-refractivity contribution is -0.0130. The number of hydrogen-bond acceptors (Lipinski definition) is 6. The molecule has 6 nitrogen and oxygen atoms in total. The van der Waals surface area contributed by atoms with Crippen LogP contribution in [0, 0.1) is 11.4 Å². The van der Waals surface area contributed by atoms with Gasteiger partial charge in [0, 0.05) is 12.7 Å². The lowest BCUT2D eigenvalue weighted by atomic mass is 9.98. The van der Waals surface area contributed by atoms with E-state index in [0.29, 0.717) is 11.6 Å². The first-order chi connectivity index (χ1) is 13.0. The molecule has 1 saturated carbocycles. The first-order valence-corrected chi connectivity index (χ1v) is 8.81. The summed E-state index contributed by atoms with van der Waals surface area (Å²) in [6.07, 6.45) is 3.71. The van der Waals surface area contributed by atoms with Crippen LogP contribution in [0.25, 0.3) is 0 Å². The zero-order valence-corrected chi connectivity index (χ0v) is 15.1. The van der Waals surface area contributed by atoms with Crippen LogP contribution >= 0.6 is 11.6 Å². The van der Waals surface area contributed by atoms with Crippen molar-refractivity contribution < 1.29 is 18.6 Å². The van der Waals surface area contributed by atoms with Gasteiger partial charge in [0.2, 0.25) is 5.88 Å². The van der Waals surface area contributed by atoms with Crippen molar-refractivity contribution in [2.45, 2.75) is 18.4 Å². The number of ether oxygens (including phenoxy) is 1. The number of nitrogens with zero attached hydrogens (tertiary/aromatic N) is 2. The van der Waals surface area contributed by atoms with Crippen LogP contribution in [-0.4, -0.2) is 30.0 Å². The van der Waals surface area contributed by atoms with Crippen molar-refractivity contribution in [2.24, 2.45) is 11.0 Å². The van der Waals surface area contributed by atoms with Gasteiger partial charge in [0.15, 0.2) is 11.4 Å². The molecule has 0 atom stereocenters. The number of alkyl halides is 2. The first kappa shape index (κ1) is 19.4. The number of anilines is 1. The third-order valence-corrected chi connectivity index (χ3v) is 4.76. The van der Waals surface area contributed by atoms with Crippen LogP contribution in [0.3, 0.4) is 0 Å². The minimum absolute atomic E-state index is 0.0615. The van der Waals surface area contributed by atoms with E-state index in [2.05, 4.69) is 15.4 Å². The molecule has 144 valence electrons. The van der Waals surface area contributed by atoms with Crippen molar-refractivity contribution in [2.75, 3.05) is 25.2 Å². The highest BCUT2D eigenvalue weighted by Crippen LogP contribution is 2.43. The van der Waals surface area contributed by atoms with Crippen molar-refractivity contribution >= 4 is 23.0 Å². The van der Waals surface area contributed by atoms with Crippen molar-refractivity contribution in [1.82, 2.24) is 4.98 Å². The van der Waals surface area contributed by atoms with Gasteiger partial charge in [0.05, 0.1) is 11.3 Å². The van der Waals surface area contributed by atoms with Crippen LogP contribution in [0.1, 0.15) is 18.4 Å². The maximum Gasteiger partial charge on any atom is 0.225 e. The third-order valence-electron chi connectivity index (χ3n) is 4.39. The molecule has 3 N–H and O–H groups in total. The Bertz CT molecular complexity index is 829. The SMILES string of the molecule is N=Nc1c(NCC2CC2)ccc(Oc2ncccc2C(O)(CF)CF)c1Cl. The van der Waals surface area contributed by atoms with Crippen LogP contribution in [0.5, 0.6) is 11.6 Å². The molecule has 1 heterocycles. The summed E-state index contributed by atoms with van der Waals surface area (Å²) in [5.41, 5.74) is 5.69. The Morgan fingerprint density at radius 3 is 2.70 bits per heavy atom. The Morgan fingerprint density at radius 2 is 2.07 bits per heavy atom. The largest absolute Gasteiger partial charge is 0.437 e. The van der Waals surface area contributed by atoms with Crippen LogP contribution in [0.15, 0.2) is 35.6 Å². The average Bonchev–Trinajstić information content (AvgIpc) is 3.52. The second-order valence-electron chi connectivity index (χ2n) is 6.47. The highest BCUT2D eigenvalue weighted by molar-refractivity contribution is 6.35. The summed E-state index contributed by atoms with van der Waals surface area (Å²) in [6, 6.07) is 5.98. The van der Waals surface area contributed by atoms with E-state index in [-0.39, 0.29) is 27.9 Å². The molecule has 0 unspecified atom stereocenters. The zero-order valence-electron chi connectivity index (χ0n) is 14.4. The van der Waals surface area contributed by atoms with Gasteiger partial charge in [-0.05, 0) is 43.0 Å². The lowest BCUT2D eigenvalue weighted by Gasteiger charge is -2.23. The Labute approximate surface area is 160 Å². The summed E-state index contributed by atoms with van der Waals surface area (Å²) in [5.74, 6) is 0.555. The quantitative estimate of drug-likeness (QED) is 0.512. The summed E-state index contributed by atoms with van der Waals surface area (Å²) >= 11 is 6.31. The molecule has 1 fully saturated rings. The van der Waals surface area contributed by atoms with E-state index >= 15 is 0 Å². The van der Waals surface area contributed by atoms with Crippen molar-refractivity contribution in [3.8, 4) is 11.6 Å². The number of pyridine rings is 1. The molecular formula is C18H19ClF2N4O2. The van der Waals surface area contributed by atoms with Gasteiger partial charge in [-0.3, -0.25) is 0 Å². The summed E-state index contributed by atoms with van der Waals surface area (Å²) in [7, 11) is 0. The predicted octanol–water partition coefficient (Wildman–Crippen LogP) is 5.14. The number of benzene rings is 1. The van der Waals surface area contributed by atoms with E-state index in [0.717, 1.165) is 6.54 Å². The van der Waals surface area contributed by atoms with E-state index < -0.39 is 19.0 Å². The number of aliphatic hydroxyl groups is 1. The normalized spacial score (nSPS) is 14.1. The number of rotatable bonds is 9. The van der Waals surface area contributed by atoms with Crippen molar-refractivity contribution in [1.29, 1.82) is 5.53 Å². The molecule has 0 spiro atoms. The summed E-state index contributed by atoms with van der Waals surface area (Å²) in [5, 5.41) is 16.9. The summed E-state index contributed by atoms with van der Waals surface area (Å²) in [6.45, 7) is -1.91. The molecule has 0 bridgehead atoms. The van der Waals surface area contributed by atoms with E-state index in [9.17, 15) is 13.9 Å². The smallest absolute Gasteiger partial charge is 0.225 e. The topological polar surface area (TPSA) is 90.6 Å². The molecule has 2 aromatic rings. The van der Waals surface area contributed by atoms with Gasteiger partial charge in [-0.25, -0.2) is 19.3 Å². The highest BCUT2D eigenvalue weighted by Gasteiger charge is 2.34. The molecule has 0 saturated heterocycles. The van der Waals surface area contributed by atoms with Gasteiger partial charge in [-0.15, -0.1) is 0 Å². The minimum atomic E-state index is -2.36. The molecule has 9 heteroatoms. The number of aromatic nitrogens is 1. The minimum Gasteiger partial charge on any atom is -0.437 e. The van der Waals surface area contributed by atoms with E-state index in [1.165, 1.54) is 31.2 Å². The van der Waals surface area contributed by atoms with Gasteiger partial charge < -0.3 is 15.2 Å². The van der Waals surface area contributed by atoms with Gasteiger partial charge in [0.25, 0.3) is 0 Å². The molecule has 1 aliphatic carbocycles. The Hall–Kier alpha value is -2.32. The van der Waals surface area contributed by atoms with E-state index in [4.69, 9.17) is 21.9 Å². The van der Waals surface area contributed by atoms with Gasteiger partial charge >= 0.3 is 0 Å². The maximum absolute atomic E-state index is 13.2. The van der Waals surface area contributed by atoms with Crippen LogP contribution in [0.2, 0.25) is 5.02 Å². The molecular weight excluding hydrogens is 378 g/mol. The van der Waals surface area contributed by atoms with Gasteiger partial charge in [-0.2, -0.15) is 5.11 Å². The third kappa shape index (κ3) is 4.17. The van der Waals surface area contributed by atoms with Crippen LogP contribution in [-0.2, 0) is 5.60 Å². The van der Waals surface area contributed by atoms with Gasteiger partial charge in [0.1, 0.15) is 24.1 Å². The fourth-order valence-corrected chi connectivity index (χ4v) is 2.81. The number of nitrogens with one attached hydrogen (secondary N) is 2. The molecule has 0 amide bonds. The number of hydrogen-bond donors (Lipinski definition) is 3. The molecule has 1 aliphatic rings. The van der Waals surface area contributed by atoms with Crippen LogP contribution in [0.4, 0.5) is 20.2 Å². The van der Waals surface area contributed by atoms with E-state index in [1.807, 2.05) is 0 Å². The maximum atomic E-state index is 13.2. The Morgan fingerprint density at radius 1 is 1.33 bits per heavy atom. The Balaban J connectivity index is 1.91. The van der Waals surface area contributed by atoms with Crippen LogP contribution < -0.4 is 10.1 Å². The fourth-order valence-electron chi connectivity index (χ4n) is 2.56.